The molecule has 2 aromatic rings. The highest BCUT2D eigenvalue weighted by atomic mass is 32.1. The molecule has 2 aliphatic heterocycles. The van der Waals surface area contributed by atoms with E-state index >= 15 is 0 Å². The Morgan fingerprint density at radius 2 is 2.00 bits per heavy atom. The molecule has 0 amide bonds. The van der Waals surface area contributed by atoms with E-state index < -0.39 is 0 Å². The van der Waals surface area contributed by atoms with Crippen molar-refractivity contribution in [2.45, 2.75) is 19.8 Å². The molecule has 116 valence electrons. The fourth-order valence-electron chi connectivity index (χ4n) is 2.95. The Morgan fingerprint density at radius 1 is 1.18 bits per heavy atom. The Hall–Kier alpha value is -1.79. The van der Waals surface area contributed by atoms with Gasteiger partial charge in [0.25, 0.3) is 0 Å². The number of rotatable bonds is 3. The lowest BCUT2D eigenvalue weighted by Crippen LogP contribution is -2.45. The third-order valence-electron chi connectivity index (χ3n) is 4.06. The summed E-state index contributed by atoms with van der Waals surface area (Å²) >= 11 is 1.71. The summed E-state index contributed by atoms with van der Waals surface area (Å²) in [5.41, 5.74) is 1.28. The Kier molecular flexibility index (Phi) is 3.63. The van der Waals surface area contributed by atoms with E-state index in [0.29, 0.717) is 0 Å². The second kappa shape index (κ2) is 5.78. The van der Waals surface area contributed by atoms with Gasteiger partial charge >= 0.3 is 0 Å². The average Bonchev–Trinajstić information content (AvgIpc) is 3.16. The summed E-state index contributed by atoms with van der Waals surface area (Å²) < 4.78 is 11.2. The molecule has 0 N–H and O–H groups in total. The van der Waals surface area contributed by atoms with Crippen LogP contribution in [0, 0.1) is 0 Å². The van der Waals surface area contributed by atoms with Gasteiger partial charge in [0.1, 0.15) is 0 Å². The van der Waals surface area contributed by atoms with Crippen LogP contribution in [0.15, 0.2) is 29.8 Å². The number of fused-ring (bicyclic) bond motifs is 1. The van der Waals surface area contributed by atoms with E-state index in [9.17, 15) is 0 Å². The lowest BCUT2D eigenvalue weighted by atomic mass is 10.1. The van der Waals surface area contributed by atoms with Crippen molar-refractivity contribution < 1.29 is 9.47 Å². The second-order valence-electron chi connectivity index (χ2n) is 5.66. The molecule has 0 radical (unpaired) electrons. The maximum Gasteiger partial charge on any atom is 0.238 e. The number of anilines is 1. The Labute approximate surface area is 134 Å². The van der Waals surface area contributed by atoms with Gasteiger partial charge in [-0.25, -0.2) is 4.98 Å². The van der Waals surface area contributed by atoms with E-state index in [-0.39, 0.29) is 6.29 Å². The van der Waals surface area contributed by atoms with Crippen LogP contribution in [-0.4, -0.2) is 42.4 Å². The fourth-order valence-corrected chi connectivity index (χ4v) is 3.65. The van der Waals surface area contributed by atoms with E-state index in [1.165, 1.54) is 5.56 Å². The van der Waals surface area contributed by atoms with Crippen LogP contribution in [0.5, 0.6) is 11.5 Å². The van der Waals surface area contributed by atoms with Crippen LogP contribution in [0.4, 0.5) is 5.13 Å². The molecule has 1 saturated heterocycles. The maximum absolute atomic E-state index is 5.65. The summed E-state index contributed by atoms with van der Waals surface area (Å²) in [7, 11) is 0. The molecule has 0 saturated carbocycles. The van der Waals surface area contributed by atoms with Gasteiger partial charge in [0, 0.05) is 51.2 Å². The van der Waals surface area contributed by atoms with Crippen LogP contribution in [0.1, 0.15) is 12.5 Å². The smallest absolute Gasteiger partial charge is 0.238 e. The molecule has 1 aromatic carbocycles. The van der Waals surface area contributed by atoms with Crippen molar-refractivity contribution in [3.8, 4) is 11.5 Å². The van der Waals surface area contributed by atoms with Gasteiger partial charge < -0.3 is 14.4 Å². The number of hydrogen-bond donors (Lipinski definition) is 0. The molecule has 2 aliphatic rings. The minimum Gasteiger partial charge on any atom is -0.451 e. The van der Waals surface area contributed by atoms with Crippen LogP contribution >= 0.6 is 11.3 Å². The first-order valence-electron chi connectivity index (χ1n) is 7.61. The van der Waals surface area contributed by atoms with Crippen LogP contribution in [-0.2, 0) is 6.54 Å². The van der Waals surface area contributed by atoms with Gasteiger partial charge in [-0.1, -0.05) is 6.07 Å². The molecular formula is C16H19N3O2S. The van der Waals surface area contributed by atoms with Crippen molar-refractivity contribution in [3.05, 3.63) is 35.3 Å². The average molecular weight is 317 g/mol. The molecule has 0 bridgehead atoms. The van der Waals surface area contributed by atoms with Gasteiger partial charge in [0.2, 0.25) is 6.29 Å². The number of hydrogen-bond acceptors (Lipinski definition) is 6. The fraction of sp³-hybridized carbons (Fsp3) is 0.438. The maximum atomic E-state index is 5.65. The summed E-state index contributed by atoms with van der Waals surface area (Å²) in [5, 5.41) is 3.17. The normalized spacial score (nSPS) is 21.3. The SMILES string of the molecule is CC1Oc2ccc(CN3CCN(c4nccs4)CC3)cc2O1. The van der Waals surface area contributed by atoms with Crippen molar-refractivity contribution >= 4 is 16.5 Å². The van der Waals surface area contributed by atoms with Crippen LogP contribution in [0.25, 0.3) is 0 Å². The zero-order valence-corrected chi connectivity index (χ0v) is 13.4. The molecular weight excluding hydrogens is 298 g/mol. The Morgan fingerprint density at radius 3 is 2.77 bits per heavy atom. The van der Waals surface area contributed by atoms with E-state index in [1.54, 1.807) is 11.3 Å². The predicted molar refractivity (Wildman–Crippen MR) is 86.8 cm³/mol. The van der Waals surface area contributed by atoms with Crippen LogP contribution < -0.4 is 14.4 Å². The molecule has 22 heavy (non-hydrogen) atoms. The molecule has 1 aromatic heterocycles. The summed E-state index contributed by atoms with van der Waals surface area (Å²) in [6.45, 7) is 7.06. The number of piperazine rings is 1. The quantitative estimate of drug-likeness (QED) is 0.870. The first-order chi connectivity index (χ1) is 10.8. The highest BCUT2D eigenvalue weighted by Gasteiger charge is 2.22. The number of nitrogens with zero attached hydrogens (tertiary/aromatic N) is 3. The minimum absolute atomic E-state index is 0.174. The lowest BCUT2D eigenvalue weighted by Gasteiger charge is -2.34. The van der Waals surface area contributed by atoms with Gasteiger partial charge in [-0.05, 0) is 17.7 Å². The number of benzene rings is 1. The molecule has 6 heteroatoms. The molecule has 1 unspecified atom stereocenters. The van der Waals surface area contributed by atoms with Crippen molar-refractivity contribution in [2.75, 3.05) is 31.1 Å². The van der Waals surface area contributed by atoms with Crippen molar-refractivity contribution in [3.63, 3.8) is 0 Å². The highest BCUT2D eigenvalue weighted by Crippen LogP contribution is 2.35. The second-order valence-corrected chi connectivity index (χ2v) is 6.54. The molecule has 1 atom stereocenters. The summed E-state index contributed by atoms with van der Waals surface area (Å²) in [6, 6.07) is 6.25. The van der Waals surface area contributed by atoms with Crippen molar-refractivity contribution in [2.24, 2.45) is 0 Å². The Bertz CT molecular complexity index is 639. The minimum atomic E-state index is -0.174. The molecule has 0 spiro atoms. The van der Waals surface area contributed by atoms with E-state index in [2.05, 4.69) is 26.9 Å². The summed E-state index contributed by atoms with van der Waals surface area (Å²) in [6.07, 6.45) is 1.70. The number of aromatic nitrogens is 1. The van der Waals surface area contributed by atoms with Gasteiger partial charge in [-0.15, -0.1) is 11.3 Å². The lowest BCUT2D eigenvalue weighted by molar-refractivity contribution is 0.0678. The monoisotopic (exact) mass is 317 g/mol. The highest BCUT2D eigenvalue weighted by molar-refractivity contribution is 7.13. The molecule has 0 aliphatic carbocycles. The van der Waals surface area contributed by atoms with Gasteiger partial charge in [0.05, 0.1) is 0 Å². The molecule has 3 heterocycles. The third kappa shape index (κ3) is 2.76. The van der Waals surface area contributed by atoms with Crippen molar-refractivity contribution in [1.82, 2.24) is 9.88 Å². The molecule has 5 nitrogen and oxygen atoms in total. The van der Waals surface area contributed by atoms with Gasteiger partial charge in [-0.3, -0.25) is 4.90 Å². The van der Waals surface area contributed by atoms with Crippen LogP contribution in [0.3, 0.4) is 0 Å². The molecule has 4 rings (SSSR count). The topological polar surface area (TPSA) is 37.8 Å². The summed E-state index contributed by atoms with van der Waals surface area (Å²) in [5.74, 6) is 1.72. The molecule has 1 fully saturated rings. The third-order valence-corrected chi connectivity index (χ3v) is 4.89. The Balaban J connectivity index is 1.36. The van der Waals surface area contributed by atoms with Crippen molar-refractivity contribution in [1.29, 1.82) is 0 Å². The van der Waals surface area contributed by atoms with Gasteiger partial charge in [-0.2, -0.15) is 0 Å². The van der Waals surface area contributed by atoms with Crippen LogP contribution in [0.2, 0.25) is 0 Å². The largest absolute Gasteiger partial charge is 0.451 e. The summed E-state index contributed by atoms with van der Waals surface area (Å²) in [4.78, 5) is 9.23. The zero-order valence-electron chi connectivity index (χ0n) is 12.6. The predicted octanol–water partition coefficient (Wildman–Crippen LogP) is 2.58. The van der Waals surface area contributed by atoms with E-state index in [4.69, 9.17) is 9.47 Å². The number of thiazole rings is 1. The van der Waals surface area contributed by atoms with Gasteiger partial charge in [0.15, 0.2) is 16.6 Å². The standard InChI is InChI=1S/C16H19N3O2S/c1-12-20-14-3-2-13(10-15(14)21-12)11-18-5-7-19(8-6-18)16-17-4-9-22-16/h2-4,9-10,12H,5-8,11H2,1H3. The van der Waals surface area contributed by atoms with E-state index in [0.717, 1.165) is 49.4 Å². The first kappa shape index (κ1) is 13.8. The number of ether oxygens (including phenoxy) is 2. The van der Waals surface area contributed by atoms with E-state index in [1.807, 2.05) is 24.6 Å². The zero-order chi connectivity index (χ0) is 14.9. The first-order valence-corrected chi connectivity index (χ1v) is 8.49.